The second-order valence-corrected chi connectivity index (χ2v) is 5.08. The van der Waals surface area contributed by atoms with Crippen molar-refractivity contribution in [2.75, 3.05) is 5.32 Å². The van der Waals surface area contributed by atoms with Crippen molar-refractivity contribution >= 4 is 17.1 Å². The molecule has 2 N–H and O–H groups in total. The lowest BCUT2D eigenvalue weighted by Gasteiger charge is -2.11. The van der Waals surface area contributed by atoms with Crippen molar-refractivity contribution in [1.82, 2.24) is 0 Å². The molecule has 0 fully saturated rings. The Labute approximate surface area is 123 Å². The van der Waals surface area contributed by atoms with Crippen molar-refractivity contribution in [3.05, 3.63) is 63.2 Å². The normalized spacial score (nSPS) is 12.0. The summed E-state index contributed by atoms with van der Waals surface area (Å²) in [6, 6.07) is 10.7. The summed E-state index contributed by atoms with van der Waals surface area (Å²) in [6.07, 6.45) is -0.532. The van der Waals surface area contributed by atoms with Gasteiger partial charge in [-0.1, -0.05) is 18.2 Å². The molecule has 0 heterocycles. The van der Waals surface area contributed by atoms with Crippen LogP contribution in [0.2, 0.25) is 0 Å². The predicted octanol–water partition coefficient (Wildman–Crippen LogP) is 4.01. The summed E-state index contributed by atoms with van der Waals surface area (Å²) < 4.78 is 0. The summed E-state index contributed by atoms with van der Waals surface area (Å²) in [4.78, 5) is 10.9. The van der Waals surface area contributed by atoms with Crippen molar-refractivity contribution in [3.8, 4) is 0 Å². The number of hydrogen-bond acceptors (Lipinski definition) is 4. The van der Waals surface area contributed by atoms with E-state index >= 15 is 0 Å². The predicted molar refractivity (Wildman–Crippen MR) is 82.9 cm³/mol. The Kier molecular flexibility index (Phi) is 4.23. The summed E-state index contributed by atoms with van der Waals surface area (Å²) in [5, 5.41) is 23.8. The Morgan fingerprint density at radius 2 is 1.76 bits per heavy atom. The third kappa shape index (κ3) is 3.20. The van der Waals surface area contributed by atoms with Gasteiger partial charge in [0, 0.05) is 11.3 Å². The Morgan fingerprint density at radius 3 is 2.29 bits per heavy atom. The van der Waals surface area contributed by atoms with Crippen molar-refractivity contribution in [3.63, 3.8) is 0 Å². The van der Waals surface area contributed by atoms with Gasteiger partial charge in [-0.3, -0.25) is 10.1 Å². The third-order valence-electron chi connectivity index (χ3n) is 3.56. The molecule has 1 unspecified atom stereocenters. The van der Waals surface area contributed by atoms with Gasteiger partial charge in [-0.05, 0) is 50.1 Å². The first-order valence-corrected chi connectivity index (χ1v) is 6.70. The van der Waals surface area contributed by atoms with E-state index in [2.05, 4.69) is 5.32 Å². The molecule has 0 amide bonds. The topological polar surface area (TPSA) is 75.4 Å². The van der Waals surface area contributed by atoms with Gasteiger partial charge in [-0.25, -0.2) is 0 Å². The SMILES string of the molecule is Cc1ccc(Nc2ccc(C(C)O)cc2)c([N+](=O)[O-])c1C. The number of nitro benzene ring substituents is 1. The number of aliphatic hydroxyl groups excluding tert-OH is 1. The highest BCUT2D eigenvalue weighted by Crippen LogP contribution is 2.32. The van der Waals surface area contributed by atoms with E-state index in [0.29, 0.717) is 11.3 Å². The molecule has 5 nitrogen and oxygen atoms in total. The zero-order chi connectivity index (χ0) is 15.6. The van der Waals surface area contributed by atoms with Crippen LogP contribution in [0.3, 0.4) is 0 Å². The number of anilines is 2. The molecule has 2 rings (SSSR count). The third-order valence-corrected chi connectivity index (χ3v) is 3.56. The Morgan fingerprint density at radius 1 is 1.14 bits per heavy atom. The molecule has 0 aliphatic heterocycles. The number of nitrogens with zero attached hydrogens (tertiary/aromatic N) is 1. The minimum Gasteiger partial charge on any atom is -0.389 e. The summed E-state index contributed by atoms with van der Waals surface area (Å²) >= 11 is 0. The maximum absolute atomic E-state index is 11.3. The lowest BCUT2D eigenvalue weighted by molar-refractivity contribution is -0.384. The average molecular weight is 286 g/mol. The zero-order valence-corrected chi connectivity index (χ0v) is 12.3. The molecule has 0 bridgehead atoms. The molecule has 5 heteroatoms. The molecule has 0 aliphatic rings. The fourth-order valence-corrected chi connectivity index (χ4v) is 2.14. The Bertz CT molecular complexity index is 664. The van der Waals surface area contributed by atoms with Crippen molar-refractivity contribution in [1.29, 1.82) is 0 Å². The maximum atomic E-state index is 11.3. The molecule has 21 heavy (non-hydrogen) atoms. The number of nitrogens with one attached hydrogen (secondary N) is 1. The minimum atomic E-state index is -0.532. The lowest BCUT2D eigenvalue weighted by atomic mass is 10.1. The van der Waals surface area contributed by atoms with Gasteiger partial charge in [0.2, 0.25) is 0 Å². The molecule has 0 radical (unpaired) electrons. The molecule has 0 saturated heterocycles. The van der Waals surface area contributed by atoms with Crippen LogP contribution in [-0.4, -0.2) is 10.0 Å². The van der Waals surface area contributed by atoms with E-state index in [9.17, 15) is 15.2 Å². The number of nitro groups is 1. The smallest absolute Gasteiger partial charge is 0.295 e. The van der Waals surface area contributed by atoms with Crippen LogP contribution in [0.15, 0.2) is 36.4 Å². The first kappa shape index (κ1) is 15.0. The van der Waals surface area contributed by atoms with Gasteiger partial charge in [0.1, 0.15) is 5.69 Å². The molecular formula is C16H18N2O3. The molecule has 0 aromatic heterocycles. The van der Waals surface area contributed by atoms with E-state index in [1.165, 1.54) is 0 Å². The summed E-state index contributed by atoms with van der Waals surface area (Å²) in [5.74, 6) is 0. The Balaban J connectivity index is 2.35. The van der Waals surface area contributed by atoms with Gasteiger partial charge >= 0.3 is 0 Å². The fraction of sp³-hybridized carbons (Fsp3) is 0.250. The largest absolute Gasteiger partial charge is 0.389 e. The highest BCUT2D eigenvalue weighted by Gasteiger charge is 2.18. The average Bonchev–Trinajstić information content (AvgIpc) is 2.43. The van der Waals surface area contributed by atoms with Gasteiger partial charge in [-0.2, -0.15) is 0 Å². The zero-order valence-electron chi connectivity index (χ0n) is 12.3. The van der Waals surface area contributed by atoms with Crippen molar-refractivity contribution in [2.45, 2.75) is 26.9 Å². The van der Waals surface area contributed by atoms with Crippen molar-refractivity contribution < 1.29 is 10.0 Å². The monoisotopic (exact) mass is 286 g/mol. The van der Waals surface area contributed by atoms with E-state index in [-0.39, 0.29) is 10.6 Å². The van der Waals surface area contributed by atoms with Crippen LogP contribution < -0.4 is 5.32 Å². The van der Waals surface area contributed by atoms with Gasteiger partial charge in [0.05, 0.1) is 11.0 Å². The van der Waals surface area contributed by atoms with Crippen LogP contribution in [-0.2, 0) is 0 Å². The first-order valence-electron chi connectivity index (χ1n) is 6.70. The standard InChI is InChI=1S/C16H18N2O3/c1-10-4-9-15(16(11(10)2)18(20)21)17-14-7-5-13(6-8-14)12(3)19/h4-9,12,17,19H,1-3H3. The number of benzene rings is 2. The van der Waals surface area contributed by atoms with E-state index in [4.69, 9.17) is 0 Å². The highest BCUT2D eigenvalue weighted by atomic mass is 16.6. The van der Waals surface area contributed by atoms with E-state index < -0.39 is 6.10 Å². The number of aryl methyl sites for hydroxylation is 1. The van der Waals surface area contributed by atoms with E-state index in [1.807, 2.05) is 13.0 Å². The van der Waals surface area contributed by atoms with Crippen LogP contribution in [0.4, 0.5) is 17.1 Å². The van der Waals surface area contributed by atoms with Crippen LogP contribution in [0.1, 0.15) is 29.7 Å². The van der Waals surface area contributed by atoms with Crippen LogP contribution >= 0.6 is 0 Å². The van der Waals surface area contributed by atoms with Crippen LogP contribution in [0.5, 0.6) is 0 Å². The molecule has 1 atom stereocenters. The first-order chi connectivity index (χ1) is 9.90. The molecule has 110 valence electrons. The quantitative estimate of drug-likeness (QED) is 0.657. The van der Waals surface area contributed by atoms with Gasteiger partial charge < -0.3 is 10.4 Å². The summed E-state index contributed by atoms with van der Waals surface area (Å²) in [7, 11) is 0. The van der Waals surface area contributed by atoms with Gasteiger partial charge in [0.25, 0.3) is 5.69 Å². The van der Waals surface area contributed by atoms with Crippen molar-refractivity contribution in [2.24, 2.45) is 0 Å². The number of rotatable bonds is 4. The maximum Gasteiger partial charge on any atom is 0.295 e. The fourth-order valence-electron chi connectivity index (χ4n) is 2.14. The number of aliphatic hydroxyl groups is 1. The molecule has 0 aliphatic carbocycles. The number of hydrogen-bond donors (Lipinski definition) is 2. The van der Waals surface area contributed by atoms with Gasteiger partial charge in [0.15, 0.2) is 0 Å². The Hall–Kier alpha value is -2.40. The lowest BCUT2D eigenvalue weighted by Crippen LogP contribution is -2.01. The second kappa shape index (κ2) is 5.93. The van der Waals surface area contributed by atoms with Crippen LogP contribution in [0, 0.1) is 24.0 Å². The molecular weight excluding hydrogens is 268 g/mol. The minimum absolute atomic E-state index is 0.0922. The highest BCUT2D eigenvalue weighted by molar-refractivity contribution is 5.72. The molecule has 0 spiro atoms. The summed E-state index contributed by atoms with van der Waals surface area (Å²) in [5.41, 5.74) is 3.64. The summed E-state index contributed by atoms with van der Waals surface area (Å²) in [6.45, 7) is 5.29. The molecule has 0 saturated carbocycles. The molecule has 2 aromatic rings. The van der Waals surface area contributed by atoms with Crippen LogP contribution in [0.25, 0.3) is 0 Å². The van der Waals surface area contributed by atoms with Gasteiger partial charge in [-0.15, -0.1) is 0 Å². The van der Waals surface area contributed by atoms with E-state index in [0.717, 1.165) is 16.8 Å². The van der Waals surface area contributed by atoms with E-state index in [1.54, 1.807) is 44.2 Å². The second-order valence-electron chi connectivity index (χ2n) is 5.08. The molecule has 2 aromatic carbocycles.